The van der Waals surface area contributed by atoms with Crippen LogP contribution in [0.5, 0.6) is 5.75 Å². The lowest BCUT2D eigenvalue weighted by Crippen LogP contribution is -1.79. The second-order valence-corrected chi connectivity index (χ2v) is 4.41. The number of aromatic nitrogens is 3. The quantitative estimate of drug-likeness (QED) is 0.677. The summed E-state index contributed by atoms with van der Waals surface area (Å²) in [6, 6.07) is 5.09. The third-order valence-corrected chi connectivity index (χ3v) is 3.36. The highest BCUT2D eigenvalue weighted by Gasteiger charge is 2.10. The van der Waals surface area contributed by atoms with Crippen LogP contribution in [0, 0.1) is 6.92 Å². The number of nitrogens with zero attached hydrogens (tertiary/aromatic N) is 2. The summed E-state index contributed by atoms with van der Waals surface area (Å²) in [6.07, 6.45) is 0. The van der Waals surface area contributed by atoms with Gasteiger partial charge in [0.05, 0.1) is 27.1 Å². The minimum absolute atomic E-state index is 0.240. The van der Waals surface area contributed by atoms with E-state index in [4.69, 9.17) is 0 Å². The molecule has 3 rings (SSSR count). The molecule has 80 valence electrons. The SMILES string of the molecule is Cc1ncsc1-c1nc2ccc(O)cc2[nH]1. The second kappa shape index (κ2) is 3.31. The van der Waals surface area contributed by atoms with Gasteiger partial charge in [-0.3, -0.25) is 0 Å². The first-order valence-electron chi connectivity index (χ1n) is 4.83. The molecule has 2 heterocycles. The van der Waals surface area contributed by atoms with E-state index in [0.717, 1.165) is 27.4 Å². The van der Waals surface area contributed by atoms with Crippen molar-refractivity contribution in [2.24, 2.45) is 0 Å². The van der Waals surface area contributed by atoms with Gasteiger partial charge in [-0.2, -0.15) is 0 Å². The van der Waals surface area contributed by atoms with Crippen LogP contribution in [-0.2, 0) is 0 Å². The summed E-state index contributed by atoms with van der Waals surface area (Å²) in [4.78, 5) is 12.9. The number of aromatic hydroxyl groups is 1. The number of aryl methyl sites for hydroxylation is 1. The van der Waals surface area contributed by atoms with Crippen molar-refractivity contribution in [1.29, 1.82) is 0 Å². The number of rotatable bonds is 1. The Kier molecular flexibility index (Phi) is 1.94. The molecule has 16 heavy (non-hydrogen) atoms. The van der Waals surface area contributed by atoms with E-state index < -0.39 is 0 Å². The summed E-state index contributed by atoms with van der Waals surface area (Å²) in [5.74, 6) is 1.05. The molecule has 0 spiro atoms. The topological polar surface area (TPSA) is 61.8 Å². The lowest BCUT2D eigenvalue weighted by atomic mass is 10.3. The second-order valence-electron chi connectivity index (χ2n) is 3.55. The molecule has 0 aliphatic heterocycles. The molecule has 2 aromatic heterocycles. The van der Waals surface area contributed by atoms with Gasteiger partial charge < -0.3 is 10.1 Å². The first-order chi connectivity index (χ1) is 7.74. The fourth-order valence-electron chi connectivity index (χ4n) is 1.63. The van der Waals surface area contributed by atoms with Crippen LogP contribution in [0.4, 0.5) is 0 Å². The molecule has 3 aromatic rings. The standard InChI is InChI=1S/C11H9N3OS/c1-6-10(16-5-12-6)11-13-8-3-2-7(15)4-9(8)14-11/h2-5,15H,1H3,(H,13,14). The van der Waals surface area contributed by atoms with Gasteiger partial charge in [-0.15, -0.1) is 11.3 Å². The number of hydrogen-bond acceptors (Lipinski definition) is 4. The summed E-state index contributed by atoms with van der Waals surface area (Å²) >= 11 is 1.55. The number of imidazole rings is 1. The molecule has 2 N–H and O–H groups in total. The number of phenols is 1. The molecular weight excluding hydrogens is 222 g/mol. The van der Waals surface area contributed by atoms with Crippen LogP contribution in [0.1, 0.15) is 5.69 Å². The first kappa shape index (κ1) is 9.35. The van der Waals surface area contributed by atoms with Crippen molar-refractivity contribution in [3.05, 3.63) is 29.4 Å². The lowest BCUT2D eigenvalue weighted by molar-refractivity contribution is 0.476. The fourth-order valence-corrected chi connectivity index (χ4v) is 2.38. The van der Waals surface area contributed by atoms with Crippen molar-refractivity contribution < 1.29 is 5.11 Å². The van der Waals surface area contributed by atoms with Crippen molar-refractivity contribution in [1.82, 2.24) is 15.0 Å². The maximum Gasteiger partial charge on any atom is 0.150 e. The molecule has 0 aliphatic rings. The molecule has 0 bridgehead atoms. The summed E-state index contributed by atoms with van der Waals surface area (Å²) in [5, 5.41) is 9.37. The van der Waals surface area contributed by atoms with E-state index in [-0.39, 0.29) is 5.75 Å². The molecule has 0 aliphatic carbocycles. The monoisotopic (exact) mass is 231 g/mol. The predicted molar refractivity (Wildman–Crippen MR) is 63.6 cm³/mol. The molecular formula is C11H9N3OS. The summed E-state index contributed by atoms with van der Waals surface area (Å²) in [7, 11) is 0. The Labute approximate surface area is 95.6 Å². The Morgan fingerprint density at radius 3 is 3.00 bits per heavy atom. The van der Waals surface area contributed by atoms with Gasteiger partial charge >= 0.3 is 0 Å². The van der Waals surface area contributed by atoms with Crippen LogP contribution in [0.2, 0.25) is 0 Å². The van der Waals surface area contributed by atoms with Crippen LogP contribution in [0.3, 0.4) is 0 Å². The van der Waals surface area contributed by atoms with E-state index >= 15 is 0 Å². The highest BCUT2D eigenvalue weighted by atomic mass is 32.1. The zero-order valence-electron chi connectivity index (χ0n) is 8.56. The number of hydrogen-bond donors (Lipinski definition) is 2. The van der Waals surface area contributed by atoms with E-state index in [9.17, 15) is 5.11 Å². The zero-order chi connectivity index (χ0) is 11.1. The smallest absolute Gasteiger partial charge is 0.150 e. The van der Waals surface area contributed by atoms with E-state index in [1.54, 1.807) is 35.0 Å². The van der Waals surface area contributed by atoms with E-state index in [0.29, 0.717) is 0 Å². The van der Waals surface area contributed by atoms with Gasteiger partial charge in [-0.1, -0.05) is 0 Å². The number of benzene rings is 1. The maximum absolute atomic E-state index is 9.37. The van der Waals surface area contributed by atoms with Crippen LogP contribution >= 0.6 is 11.3 Å². The van der Waals surface area contributed by atoms with Crippen LogP contribution in [0.25, 0.3) is 21.7 Å². The highest BCUT2D eigenvalue weighted by Crippen LogP contribution is 2.27. The number of nitrogens with one attached hydrogen (secondary N) is 1. The van der Waals surface area contributed by atoms with Gasteiger partial charge in [0.1, 0.15) is 5.75 Å². The summed E-state index contributed by atoms with van der Waals surface area (Å²) in [6.45, 7) is 1.95. The number of H-pyrrole nitrogens is 1. The van der Waals surface area contributed by atoms with E-state index in [2.05, 4.69) is 15.0 Å². The van der Waals surface area contributed by atoms with Crippen LogP contribution in [0.15, 0.2) is 23.7 Å². The average molecular weight is 231 g/mol. The van der Waals surface area contributed by atoms with Gasteiger partial charge in [0.15, 0.2) is 5.82 Å². The Bertz CT molecular complexity index is 656. The maximum atomic E-state index is 9.37. The van der Waals surface area contributed by atoms with Crippen molar-refractivity contribution in [2.45, 2.75) is 6.92 Å². The molecule has 4 nitrogen and oxygen atoms in total. The minimum atomic E-state index is 0.240. The Morgan fingerprint density at radius 2 is 2.25 bits per heavy atom. The van der Waals surface area contributed by atoms with E-state index in [1.807, 2.05) is 6.92 Å². The van der Waals surface area contributed by atoms with Gasteiger partial charge in [-0.25, -0.2) is 9.97 Å². The molecule has 5 heteroatoms. The van der Waals surface area contributed by atoms with Crippen molar-refractivity contribution in [3.8, 4) is 16.5 Å². The zero-order valence-corrected chi connectivity index (χ0v) is 9.38. The molecule has 0 radical (unpaired) electrons. The highest BCUT2D eigenvalue weighted by molar-refractivity contribution is 7.13. The van der Waals surface area contributed by atoms with Crippen molar-refractivity contribution >= 4 is 22.4 Å². The van der Waals surface area contributed by atoms with Gasteiger partial charge in [0, 0.05) is 6.07 Å². The third kappa shape index (κ3) is 1.37. The molecule has 0 saturated carbocycles. The van der Waals surface area contributed by atoms with Crippen LogP contribution < -0.4 is 0 Å². The Morgan fingerprint density at radius 1 is 1.38 bits per heavy atom. The lowest BCUT2D eigenvalue weighted by Gasteiger charge is -1.90. The van der Waals surface area contributed by atoms with Crippen molar-refractivity contribution in [3.63, 3.8) is 0 Å². The number of fused-ring (bicyclic) bond motifs is 1. The molecule has 0 atom stereocenters. The predicted octanol–water partition coefficient (Wildman–Crippen LogP) is 2.70. The van der Waals surface area contributed by atoms with E-state index in [1.165, 1.54) is 0 Å². The number of phenolic OH excluding ortho intramolecular Hbond substituents is 1. The van der Waals surface area contributed by atoms with Crippen molar-refractivity contribution in [2.75, 3.05) is 0 Å². The molecule has 0 unspecified atom stereocenters. The van der Waals surface area contributed by atoms with Crippen LogP contribution in [-0.4, -0.2) is 20.1 Å². The van der Waals surface area contributed by atoms with Gasteiger partial charge in [0.2, 0.25) is 0 Å². The summed E-state index contributed by atoms with van der Waals surface area (Å²) in [5.41, 5.74) is 4.45. The third-order valence-electron chi connectivity index (χ3n) is 2.43. The Balaban J connectivity index is 2.23. The summed E-state index contributed by atoms with van der Waals surface area (Å²) < 4.78 is 0. The minimum Gasteiger partial charge on any atom is -0.508 e. The number of aromatic amines is 1. The fraction of sp³-hybridized carbons (Fsp3) is 0.0909. The first-order valence-corrected chi connectivity index (χ1v) is 5.71. The normalized spacial score (nSPS) is 11.1. The number of thiazole rings is 1. The molecule has 0 amide bonds. The molecule has 1 aromatic carbocycles. The average Bonchev–Trinajstić information content (AvgIpc) is 2.82. The molecule has 0 saturated heterocycles. The Hall–Kier alpha value is -1.88. The van der Waals surface area contributed by atoms with Gasteiger partial charge in [0.25, 0.3) is 0 Å². The largest absolute Gasteiger partial charge is 0.508 e. The molecule has 0 fully saturated rings. The van der Waals surface area contributed by atoms with Gasteiger partial charge in [-0.05, 0) is 19.1 Å².